The van der Waals surface area contributed by atoms with Crippen molar-refractivity contribution in [3.05, 3.63) is 0 Å². The first-order valence-corrected chi connectivity index (χ1v) is 3.09. The SMILES string of the molecule is [BH2][Re].[Co].[Cr].[Pd]. The second-order valence-electron chi connectivity index (χ2n) is 0. The van der Waals surface area contributed by atoms with Gasteiger partial charge in [0.1, 0.15) is 0 Å². The Hall–Kier alpha value is 2.43. The molecule has 0 aliphatic carbocycles. The molecule has 0 saturated heterocycles. The molecule has 0 aromatic rings. The second kappa shape index (κ2) is 32.1. The van der Waals surface area contributed by atoms with Crippen molar-refractivity contribution in [3.63, 3.8) is 0 Å². The molecular formula is H2BCoCrPdRe. The van der Waals surface area contributed by atoms with Crippen molar-refractivity contribution in [2.45, 2.75) is 0 Å². The molecular weight excluding hydrogens is 414 g/mol. The summed E-state index contributed by atoms with van der Waals surface area (Å²) in [6.07, 6.45) is 2.06. The number of rotatable bonds is 0. The molecule has 1 radical (unpaired) electrons. The molecule has 0 aromatic heterocycles. The van der Waals surface area contributed by atoms with Gasteiger partial charge in [-0.25, -0.2) is 0 Å². The molecule has 0 atom stereocenters. The van der Waals surface area contributed by atoms with Crippen LogP contribution in [0.25, 0.3) is 0 Å². The molecule has 0 fully saturated rings. The predicted octanol–water partition coefficient (Wildman–Crippen LogP) is -0.926. The van der Waals surface area contributed by atoms with E-state index in [0.29, 0.717) is 0 Å². The Morgan fingerprint density at radius 1 is 1.20 bits per heavy atom. The third kappa shape index (κ3) is 21.4. The van der Waals surface area contributed by atoms with E-state index in [0.717, 1.165) is 0 Å². The van der Waals surface area contributed by atoms with Gasteiger partial charge in [0.2, 0.25) is 0 Å². The Labute approximate surface area is 78.8 Å². The van der Waals surface area contributed by atoms with Crippen LogP contribution in [0.15, 0.2) is 0 Å². The van der Waals surface area contributed by atoms with E-state index >= 15 is 0 Å². The van der Waals surface area contributed by atoms with Gasteiger partial charge < -0.3 is 0 Å². The molecule has 0 bridgehead atoms. The normalized spacial score (nSPS) is 1.00. The average Bonchev–Trinajstić information content (AvgIpc) is 1.00. The van der Waals surface area contributed by atoms with Gasteiger partial charge in [0.05, 0.1) is 0 Å². The van der Waals surface area contributed by atoms with E-state index in [1.165, 1.54) is 0 Å². The van der Waals surface area contributed by atoms with Crippen LogP contribution in [-0.4, -0.2) is 6.20 Å². The van der Waals surface area contributed by atoms with E-state index in [1.54, 1.807) is 19.0 Å². The summed E-state index contributed by atoms with van der Waals surface area (Å²) in [4.78, 5) is 0. The molecule has 5 heteroatoms. The minimum atomic E-state index is 0. The Morgan fingerprint density at radius 3 is 1.20 bits per heavy atom. The van der Waals surface area contributed by atoms with Gasteiger partial charge in [-0.05, 0) is 0 Å². The van der Waals surface area contributed by atoms with Gasteiger partial charge >= 0.3 is 25.2 Å². The Kier molecular flexibility index (Phi) is 168. The summed E-state index contributed by atoms with van der Waals surface area (Å²) in [6.45, 7) is 0. The first kappa shape index (κ1) is 26.1. The van der Waals surface area contributed by atoms with E-state index in [-0.39, 0.29) is 54.6 Å². The molecule has 0 aromatic carbocycles. The topological polar surface area (TPSA) is 0 Å². The number of hydrogen-bond donors (Lipinski definition) is 0. The van der Waals surface area contributed by atoms with E-state index in [4.69, 9.17) is 0 Å². The van der Waals surface area contributed by atoms with E-state index in [9.17, 15) is 0 Å². The van der Waals surface area contributed by atoms with Crippen molar-refractivity contribution in [2.24, 2.45) is 0 Å². The maximum absolute atomic E-state index is 2.06. The first-order valence-electron chi connectivity index (χ1n) is 0.378. The van der Waals surface area contributed by atoms with Crippen molar-refractivity contribution in [1.82, 2.24) is 0 Å². The molecule has 0 aliphatic rings. The van der Waals surface area contributed by atoms with Crippen LogP contribution in [0.5, 0.6) is 0 Å². The Balaban J connectivity index is -0.00000000167. The summed E-state index contributed by atoms with van der Waals surface area (Å²) in [6, 6.07) is 0. The maximum atomic E-state index is 2.06. The summed E-state index contributed by atoms with van der Waals surface area (Å²) in [7, 11) is 0. The first-order chi connectivity index (χ1) is 1.00. The van der Waals surface area contributed by atoms with Crippen LogP contribution in [-0.2, 0) is 73.6 Å². The van der Waals surface area contributed by atoms with Crippen LogP contribution in [0.2, 0.25) is 0 Å². The Bertz CT molecular complexity index is 11.6. The van der Waals surface area contributed by atoms with Crippen LogP contribution in [0.3, 0.4) is 0 Å². The zero-order valence-electron chi connectivity index (χ0n) is 2.44. The monoisotopic (exact) mass is 417 g/mol. The summed E-state index contributed by atoms with van der Waals surface area (Å²) in [5, 5.41) is 0. The molecule has 0 spiro atoms. The Morgan fingerprint density at radius 2 is 1.20 bits per heavy atom. The van der Waals surface area contributed by atoms with Crippen molar-refractivity contribution in [2.75, 3.05) is 0 Å². The fourth-order valence-electron chi connectivity index (χ4n) is 0. The average molecular weight is 416 g/mol. The zero-order valence-corrected chi connectivity index (χ0v) is 9.02. The summed E-state index contributed by atoms with van der Waals surface area (Å²) < 4.78 is 0. The molecule has 0 aliphatic heterocycles. The van der Waals surface area contributed by atoms with Crippen molar-refractivity contribution in [1.29, 1.82) is 0 Å². The second-order valence-corrected chi connectivity index (χ2v) is 0. The smallest absolute Gasteiger partial charge is 0 e. The molecule has 0 nitrogen and oxygen atoms in total. The molecule has 37 valence electrons. The standard InChI is InChI=1S/BH2.Co.Cr.Pd.Re/h1H2;;;;/q+1;;;;-1. The molecule has 0 N–H and O–H groups in total. The van der Waals surface area contributed by atoms with Gasteiger partial charge in [0.25, 0.3) is 0 Å². The van der Waals surface area contributed by atoms with E-state index in [2.05, 4.69) is 6.20 Å². The van der Waals surface area contributed by atoms with Crippen molar-refractivity contribution >= 4 is 6.20 Å². The van der Waals surface area contributed by atoms with Gasteiger partial charge in [-0.3, -0.25) is 0 Å². The summed E-state index contributed by atoms with van der Waals surface area (Å²) in [5.74, 6) is 0. The molecule has 0 heterocycles. The molecule has 0 saturated carbocycles. The van der Waals surface area contributed by atoms with E-state index < -0.39 is 0 Å². The maximum Gasteiger partial charge on any atom is 0 e. The van der Waals surface area contributed by atoms with Gasteiger partial charge in [0.15, 0.2) is 0 Å². The van der Waals surface area contributed by atoms with Gasteiger partial charge in [-0.15, -0.1) is 0 Å². The predicted molar refractivity (Wildman–Crippen MR) is 8.54 cm³/mol. The van der Waals surface area contributed by atoms with Gasteiger partial charge in [0, 0.05) is 54.6 Å². The largest absolute Gasteiger partial charge is 0 e. The molecule has 0 amide bonds. The summed E-state index contributed by atoms with van der Waals surface area (Å²) in [5.41, 5.74) is 0. The van der Waals surface area contributed by atoms with Gasteiger partial charge in [-0.2, -0.15) is 0 Å². The fourth-order valence-corrected chi connectivity index (χ4v) is 0. The third-order valence-electron chi connectivity index (χ3n) is 0. The van der Waals surface area contributed by atoms with Crippen LogP contribution in [0.1, 0.15) is 0 Å². The summed E-state index contributed by atoms with van der Waals surface area (Å²) >= 11 is 1.72. The quantitative estimate of drug-likeness (QED) is 0.448. The molecule has 0 unspecified atom stereocenters. The van der Waals surface area contributed by atoms with E-state index in [1.807, 2.05) is 0 Å². The third-order valence-corrected chi connectivity index (χ3v) is 0. The van der Waals surface area contributed by atoms with Crippen molar-refractivity contribution in [3.8, 4) is 0 Å². The minimum absolute atomic E-state index is 0. The van der Waals surface area contributed by atoms with Gasteiger partial charge in [-0.1, -0.05) is 0 Å². The molecule has 0 rings (SSSR count). The minimum Gasteiger partial charge on any atom is 0 e. The van der Waals surface area contributed by atoms with Crippen LogP contribution >= 0.6 is 0 Å². The van der Waals surface area contributed by atoms with Crippen LogP contribution < -0.4 is 0 Å². The fraction of sp³-hybridized carbons (Fsp3) is 0. The number of hydrogen-bond acceptors (Lipinski definition) is 0. The molecule has 5 heavy (non-hydrogen) atoms. The zero-order chi connectivity index (χ0) is 2.00. The van der Waals surface area contributed by atoms with Crippen LogP contribution in [0.4, 0.5) is 0 Å². The van der Waals surface area contributed by atoms with Crippen LogP contribution in [0, 0.1) is 0 Å². The van der Waals surface area contributed by atoms with Crippen molar-refractivity contribution < 1.29 is 73.6 Å².